The summed E-state index contributed by atoms with van der Waals surface area (Å²) in [6.07, 6.45) is 7.63. The maximum atomic E-state index is 13.3. The first-order valence-corrected chi connectivity index (χ1v) is 16.0. The molecule has 0 bridgehead atoms. The minimum absolute atomic E-state index is 0.129. The van der Waals surface area contributed by atoms with Crippen molar-refractivity contribution in [2.75, 3.05) is 26.2 Å². The molecule has 9 nitrogen and oxygen atoms in total. The zero-order valence-electron chi connectivity index (χ0n) is 27.3. The van der Waals surface area contributed by atoms with Crippen LogP contribution in [0.5, 0.6) is 0 Å². The van der Waals surface area contributed by atoms with Crippen molar-refractivity contribution in [2.24, 2.45) is 5.92 Å². The molecule has 1 fully saturated rings. The summed E-state index contributed by atoms with van der Waals surface area (Å²) >= 11 is 12.5. The molecule has 43 heavy (non-hydrogen) atoms. The van der Waals surface area contributed by atoms with Crippen molar-refractivity contribution in [1.82, 2.24) is 24.3 Å². The second-order valence-electron chi connectivity index (χ2n) is 13.7. The Labute approximate surface area is 266 Å². The second-order valence-corrected chi connectivity index (χ2v) is 14.4. The van der Waals surface area contributed by atoms with Gasteiger partial charge in [0.1, 0.15) is 22.0 Å². The van der Waals surface area contributed by atoms with Gasteiger partial charge in [-0.05, 0) is 118 Å². The number of carbonyl (C=O) groups is 2. The molecule has 0 unspecified atom stereocenters. The Morgan fingerprint density at radius 2 is 1.60 bits per heavy atom. The number of rotatable bonds is 10. The van der Waals surface area contributed by atoms with Gasteiger partial charge in [-0.15, -0.1) is 0 Å². The third kappa shape index (κ3) is 10.3. The first kappa shape index (κ1) is 35.0. The molecule has 1 aliphatic rings. The molecular formula is C32H49Cl2N5O4. The molecule has 2 atom stereocenters. The second kappa shape index (κ2) is 14.5. The monoisotopic (exact) mass is 637 g/mol. The van der Waals surface area contributed by atoms with Crippen LogP contribution in [0, 0.1) is 12.8 Å². The number of hydrogen-bond acceptors (Lipinski definition) is 6. The van der Waals surface area contributed by atoms with E-state index in [-0.39, 0.29) is 29.4 Å². The first-order valence-electron chi connectivity index (χ1n) is 15.2. The normalized spacial score (nSPS) is 17.8. The highest BCUT2D eigenvalue weighted by Crippen LogP contribution is 2.39. The molecule has 240 valence electrons. The summed E-state index contributed by atoms with van der Waals surface area (Å²) in [5.74, 6) is 0.280. The van der Waals surface area contributed by atoms with Crippen LogP contribution in [0.2, 0.25) is 10.4 Å². The number of aryl methyl sites for hydroxylation is 1. The van der Waals surface area contributed by atoms with Gasteiger partial charge in [0.15, 0.2) is 0 Å². The summed E-state index contributed by atoms with van der Waals surface area (Å²) in [6.45, 7) is 19.4. The van der Waals surface area contributed by atoms with Crippen LogP contribution in [0.25, 0.3) is 11.0 Å². The Morgan fingerprint density at radius 1 is 1.00 bits per heavy atom. The summed E-state index contributed by atoms with van der Waals surface area (Å²) in [5, 5.41) is 1.31. The predicted octanol–water partition coefficient (Wildman–Crippen LogP) is 8.61. The van der Waals surface area contributed by atoms with E-state index in [0.717, 1.165) is 42.3 Å². The van der Waals surface area contributed by atoms with Crippen LogP contribution in [0.1, 0.15) is 99.1 Å². The van der Waals surface area contributed by atoms with E-state index in [4.69, 9.17) is 32.7 Å². The zero-order chi connectivity index (χ0) is 32.1. The van der Waals surface area contributed by atoms with Crippen molar-refractivity contribution in [3.8, 4) is 0 Å². The third-order valence-electron chi connectivity index (χ3n) is 7.60. The van der Waals surface area contributed by atoms with Crippen molar-refractivity contribution in [2.45, 2.75) is 112 Å². The number of hydrogen-bond donors (Lipinski definition) is 0. The number of carbonyl (C=O) groups excluding carboxylic acids is 2. The maximum absolute atomic E-state index is 13.3. The van der Waals surface area contributed by atoms with Gasteiger partial charge in [-0.1, -0.05) is 23.3 Å². The Kier molecular flexibility index (Phi) is 11.8. The fraction of sp³-hybridized carbons (Fsp3) is 0.688. The maximum Gasteiger partial charge on any atom is 0.410 e. The van der Waals surface area contributed by atoms with Gasteiger partial charge in [-0.2, -0.15) is 4.98 Å². The van der Waals surface area contributed by atoms with Gasteiger partial charge in [0.05, 0.1) is 5.39 Å². The van der Waals surface area contributed by atoms with Gasteiger partial charge in [0.25, 0.3) is 0 Å². The van der Waals surface area contributed by atoms with E-state index < -0.39 is 11.2 Å². The van der Waals surface area contributed by atoms with Gasteiger partial charge in [0.2, 0.25) is 5.28 Å². The van der Waals surface area contributed by atoms with E-state index in [0.29, 0.717) is 37.8 Å². The Bertz CT molecular complexity index is 1310. The van der Waals surface area contributed by atoms with Gasteiger partial charge in [-0.25, -0.2) is 14.6 Å². The molecule has 0 N–H and O–H groups in total. The highest BCUT2D eigenvalue weighted by molar-refractivity contribution is 6.35. The standard InChI is InChI=1S/C32H49Cl2N5O4/c1-10-21(2)14-17-37(29(40)42-31(4,5)6)15-11-16-38(30(41)43-32(7,8)9)20-23-12-13-24(18-23)39-19-22(3)25-26(33)35-28(34)36-27(25)39/h10,19,23-24H,11-18,20H2,1-9H3/b21-10+/t23-,24+/m1/s1. The number of aromatic nitrogens is 3. The molecule has 0 aromatic carbocycles. The van der Waals surface area contributed by atoms with Crippen LogP contribution in [0.4, 0.5) is 9.59 Å². The number of fused-ring (bicyclic) bond motifs is 1. The van der Waals surface area contributed by atoms with Crippen LogP contribution in [0.3, 0.4) is 0 Å². The van der Waals surface area contributed by atoms with E-state index in [1.807, 2.05) is 55.4 Å². The van der Waals surface area contributed by atoms with Gasteiger partial charge in [0, 0.05) is 38.4 Å². The van der Waals surface area contributed by atoms with E-state index in [2.05, 4.69) is 33.7 Å². The lowest BCUT2D eigenvalue weighted by molar-refractivity contribution is 0.0186. The van der Waals surface area contributed by atoms with Crippen molar-refractivity contribution in [1.29, 1.82) is 0 Å². The Balaban J connectivity index is 1.71. The van der Waals surface area contributed by atoms with Crippen LogP contribution >= 0.6 is 23.2 Å². The van der Waals surface area contributed by atoms with Crippen LogP contribution < -0.4 is 0 Å². The van der Waals surface area contributed by atoms with Gasteiger partial charge < -0.3 is 23.8 Å². The van der Waals surface area contributed by atoms with Crippen LogP contribution in [0.15, 0.2) is 17.8 Å². The van der Waals surface area contributed by atoms with Crippen molar-refractivity contribution in [3.05, 3.63) is 33.8 Å². The highest BCUT2D eigenvalue weighted by Gasteiger charge is 2.32. The number of halogens is 2. The molecule has 0 radical (unpaired) electrons. The molecule has 2 aromatic rings. The lowest BCUT2D eigenvalue weighted by Crippen LogP contribution is -2.42. The lowest BCUT2D eigenvalue weighted by atomic mass is 10.1. The molecule has 2 aromatic heterocycles. The molecule has 2 heterocycles. The molecule has 11 heteroatoms. The van der Waals surface area contributed by atoms with Crippen LogP contribution in [-0.2, 0) is 9.47 Å². The fourth-order valence-corrected chi connectivity index (χ4v) is 5.95. The minimum Gasteiger partial charge on any atom is -0.444 e. The average molecular weight is 639 g/mol. The molecular weight excluding hydrogens is 589 g/mol. The Hall–Kier alpha value is -2.52. The molecule has 1 aliphatic carbocycles. The molecule has 3 rings (SSSR count). The SMILES string of the molecule is C/C=C(\C)CCN(CCCN(C[C@@H]1CC[C@H](n2cc(C)c3c(Cl)nc(Cl)nc32)C1)C(=O)OC(C)(C)C)C(=O)OC(C)(C)C. The zero-order valence-corrected chi connectivity index (χ0v) is 28.8. The van der Waals surface area contributed by atoms with Crippen molar-refractivity contribution in [3.63, 3.8) is 0 Å². The van der Waals surface area contributed by atoms with E-state index in [1.165, 1.54) is 5.57 Å². The molecule has 2 amide bonds. The van der Waals surface area contributed by atoms with E-state index >= 15 is 0 Å². The summed E-state index contributed by atoms with van der Waals surface area (Å²) in [6, 6.07) is 0.209. The van der Waals surface area contributed by atoms with Gasteiger partial charge >= 0.3 is 12.2 Å². The Morgan fingerprint density at radius 3 is 2.21 bits per heavy atom. The smallest absolute Gasteiger partial charge is 0.410 e. The van der Waals surface area contributed by atoms with E-state index in [1.54, 1.807) is 9.80 Å². The number of ether oxygens (including phenoxy) is 2. The molecule has 0 spiro atoms. The topological polar surface area (TPSA) is 89.8 Å². The summed E-state index contributed by atoms with van der Waals surface area (Å²) in [4.78, 5) is 38.5. The van der Waals surface area contributed by atoms with Crippen molar-refractivity contribution >= 4 is 46.4 Å². The molecule has 1 saturated carbocycles. The summed E-state index contributed by atoms with van der Waals surface area (Å²) < 4.78 is 13.6. The number of amides is 2. The van der Waals surface area contributed by atoms with E-state index in [9.17, 15) is 9.59 Å². The highest BCUT2D eigenvalue weighted by atomic mass is 35.5. The molecule has 0 saturated heterocycles. The lowest BCUT2D eigenvalue weighted by Gasteiger charge is -2.31. The van der Waals surface area contributed by atoms with Crippen LogP contribution in [-0.4, -0.2) is 73.9 Å². The largest absolute Gasteiger partial charge is 0.444 e. The molecule has 0 aliphatic heterocycles. The fourth-order valence-electron chi connectivity index (χ4n) is 5.43. The third-order valence-corrected chi connectivity index (χ3v) is 8.05. The summed E-state index contributed by atoms with van der Waals surface area (Å²) in [5.41, 5.74) is 1.77. The number of nitrogens with zero attached hydrogens (tertiary/aromatic N) is 5. The number of allylic oxidation sites excluding steroid dienone is 1. The summed E-state index contributed by atoms with van der Waals surface area (Å²) in [7, 11) is 0. The first-order chi connectivity index (χ1) is 20.0. The quantitative estimate of drug-likeness (QED) is 0.147. The predicted molar refractivity (Wildman–Crippen MR) is 173 cm³/mol. The van der Waals surface area contributed by atoms with Gasteiger partial charge in [-0.3, -0.25) is 0 Å². The van der Waals surface area contributed by atoms with Crippen molar-refractivity contribution < 1.29 is 19.1 Å². The minimum atomic E-state index is -0.611. The average Bonchev–Trinajstić information content (AvgIpc) is 3.46.